The van der Waals surface area contributed by atoms with E-state index >= 15 is 0 Å². The van der Waals surface area contributed by atoms with Gasteiger partial charge in [0, 0.05) is 6.54 Å². The molecule has 0 aromatic heterocycles. The first-order chi connectivity index (χ1) is 10.2. The molecule has 0 amide bonds. The van der Waals surface area contributed by atoms with Gasteiger partial charge in [0.15, 0.2) is 0 Å². The molecule has 2 N–H and O–H groups in total. The first-order valence-electron chi connectivity index (χ1n) is 8.14. The van der Waals surface area contributed by atoms with Gasteiger partial charge >= 0.3 is 0 Å². The molecule has 3 rings (SSSR count). The van der Waals surface area contributed by atoms with Crippen LogP contribution in [0.1, 0.15) is 44.1 Å². The van der Waals surface area contributed by atoms with E-state index in [0.29, 0.717) is 12.0 Å². The molecule has 1 spiro atoms. The van der Waals surface area contributed by atoms with Crippen LogP contribution in [0.4, 0.5) is 0 Å². The molecule has 1 aliphatic heterocycles. The van der Waals surface area contributed by atoms with Crippen LogP contribution in [0.5, 0.6) is 0 Å². The molecule has 21 heavy (non-hydrogen) atoms. The summed E-state index contributed by atoms with van der Waals surface area (Å²) in [5, 5.41) is 9.57. The largest absolute Gasteiger partial charge is 0.309 e. The Morgan fingerprint density at radius 3 is 2.29 bits per heavy atom. The van der Waals surface area contributed by atoms with Crippen LogP contribution in [0.2, 0.25) is 0 Å². The summed E-state index contributed by atoms with van der Waals surface area (Å²) in [4.78, 5) is 2.39. The van der Waals surface area contributed by atoms with Crippen molar-refractivity contribution in [3.8, 4) is 6.07 Å². The lowest BCUT2D eigenvalue weighted by Crippen LogP contribution is -2.50. The predicted octanol–water partition coefficient (Wildman–Crippen LogP) is 3.02. The van der Waals surface area contributed by atoms with Crippen LogP contribution in [0.25, 0.3) is 0 Å². The molecule has 1 unspecified atom stereocenters. The lowest BCUT2D eigenvalue weighted by molar-refractivity contribution is 0.0968. The van der Waals surface area contributed by atoms with Gasteiger partial charge in [0.05, 0.1) is 6.07 Å². The van der Waals surface area contributed by atoms with Crippen molar-refractivity contribution in [3.05, 3.63) is 35.9 Å². The maximum absolute atomic E-state index is 9.57. The summed E-state index contributed by atoms with van der Waals surface area (Å²) in [5.41, 5.74) is 7.05. The zero-order chi connectivity index (χ0) is 14.8. The van der Waals surface area contributed by atoms with E-state index < -0.39 is 5.54 Å². The number of piperidine rings is 1. The molecule has 1 aliphatic carbocycles. The third kappa shape index (κ3) is 2.97. The van der Waals surface area contributed by atoms with Crippen LogP contribution < -0.4 is 5.73 Å². The van der Waals surface area contributed by atoms with Gasteiger partial charge in [-0.2, -0.15) is 5.26 Å². The lowest BCUT2D eigenvalue weighted by atomic mass is 9.76. The van der Waals surface area contributed by atoms with Crippen LogP contribution in [-0.2, 0) is 5.54 Å². The Morgan fingerprint density at radius 1 is 1.10 bits per heavy atom. The van der Waals surface area contributed by atoms with Gasteiger partial charge in [-0.3, -0.25) is 0 Å². The minimum absolute atomic E-state index is 0.618. The topological polar surface area (TPSA) is 53.1 Å². The van der Waals surface area contributed by atoms with Crippen molar-refractivity contribution in [1.82, 2.24) is 4.90 Å². The molecule has 3 nitrogen and oxygen atoms in total. The Hall–Kier alpha value is -1.37. The van der Waals surface area contributed by atoms with Crippen LogP contribution in [0.15, 0.2) is 30.3 Å². The molecule has 1 aromatic carbocycles. The Labute approximate surface area is 127 Å². The first kappa shape index (κ1) is 14.6. The average molecular weight is 283 g/mol. The van der Waals surface area contributed by atoms with E-state index in [9.17, 15) is 5.26 Å². The molecule has 3 heteroatoms. The third-order valence-electron chi connectivity index (χ3n) is 5.54. The van der Waals surface area contributed by atoms with E-state index in [0.717, 1.165) is 18.7 Å². The van der Waals surface area contributed by atoms with E-state index in [1.165, 1.54) is 38.5 Å². The van der Waals surface area contributed by atoms with Crippen LogP contribution in [-0.4, -0.2) is 24.5 Å². The van der Waals surface area contributed by atoms with Crippen molar-refractivity contribution in [1.29, 1.82) is 5.26 Å². The molecular weight excluding hydrogens is 258 g/mol. The van der Waals surface area contributed by atoms with Crippen LogP contribution in [0.3, 0.4) is 0 Å². The molecule has 0 bridgehead atoms. The van der Waals surface area contributed by atoms with Gasteiger partial charge in [-0.1, -0.05) is 43.2 Å². The summed E-state index contributed by atoms with van der Waals surface area (Å²) in [6, 6.07) is 12.1. The zero-order valence-electron chi connectivity index (χ0n) is 12.7. The zero-order valence-corrected chi connectivity index (χ0v) is 12.7. The highest BCUT2D eigenvalue weighted by molar-refractivity contribution is 5.31. The van der Waals surface area contributed by atoms with Gasteiger partial charge in [0.25, 0.3) is 0 Å². The Morgan fingerprint density at radius 2 is 1.71 bits per heavy atom. The smallest absolute Gasteiger partial charge is 0.142 e. The molecule has 1 heterocycles. The number of likely N-dealkylation sites (tertiary alicyclic amines) is 1. The maximum Gasteiger partial charge on any atom is 0.142 e. The van der Waals surface area contributed by atoms with Gasteiger partial charge < -0.3 is 10.6 Å². The summed E-state index contributed by atoms with van der Waals surface area (Å²) in [5.74, 6) is 0. The number of rotatable bonds is 3. The van der Waals surface area contributed by atoms with Gasteiger partial charge in [-0.25, -0.2) is 0 Å². The summed E-state index contributed by atoms with van der Waals surface area (Å²) in [6.07, 6.45) is 8.19. The normalized spacial score (nSPS) is 24.6. The highest BCUT2D eigenvalue weighted by atomic mass is 15.2. The number of hydrogen-bond donors (Lipinski definition) is 1. The molecule has 0 radical (unpaired) electrons. The van der Waals surface area contributed by atoms with Crippen molar-refractivity contribution >= 4 is 0 Å². The molecule has 1 aromatic rings. The van der Waals surface area contributed by atoms with E-state index in [2.05, 4.69) is 11.0 Å². The number of nitrogens with zero attached hydrogens (tertiary/aromatic N) is 2. The second-order valence-corrected chi connectivity index (χ2v) is 6.93. The average Bonchev–Trinajstić information content (AvgIpc) is 2.99. The van der Waals surface area contributed by atoms with Crippen molar-refractivity contribution in [3.63, 3.8) is 0 Å². The van der Waals surface area contributed by atoms with E-state index in [-0.39, 0.29) is 0 Å². The first-order valence-corrected chi connectivity index (χ1v) is 8.14. The molecule has 2 aliphatic rings. The molecular formula is C18H25N3. The van der Waals surface area contributed by atoms with E-state index in [1.807, 2.05) is 30.3 Å². The second kappa shape index (κ2) is 5.79. The molecule has 2 fully saturated rings. The summed E-state index contributed by atoms with van der Waals surface area (Å²) in [7, 11) is 0. The van der Waals surface area contributed by atoms with Crippen LogP contribution >= 0.6 is 0 Å². The highest BCUT2D eigenvalue weighted by Gasteiger charge is 2.39. The monoisotopic (exact) mass is 283 g/mol. The SMILES string of the molecule is N#CC(N)(CN1CCC2(CCCC2)CC1)c1ccccc1. The van der Waals surface area contributed by atoms with Gasteiger partial charge in [-0.05, 0) is 49.8 Å². The van der Waals surface area contributed by atoms with E-state index in [1.54, 1.807) is 0 Å². The Balaban J connectivity index is 1.65. The lowest BCUT2D eigenvalue weighted by Gasteiger charge is -2.41. The molecule has 1 atom stereocenters. The number of nitriles is 1. The number of nitrogens with two attached hydrogens (primary N) is 1. The third-order valence-corrected chi connectivity index (χ3v) is 5.54. The summed E-state index contributed by atoms with van der Waals surface area (Å²) >= 11 is 0. The maximum atomic E-state index is 9.57. The van der Waals surface area contributed by atoms with Crippen molar-refractivity contribution in [2.24, 2.45) is 11.1 Å². The van der Waals surface area contributed by atoms with E-state index in [4.69, 9.17) is 5.73 Å². The molecule has 1 saturated heterocycles. The minimum atomic E-state index is -0.887. The fourth-order valence-electron chi connectivity index (χ4n) is 4.09. The number of benzene rings is 1. The Kier molecular flexibility index (Phi) is 4.01. The second-order valence-electron chi connectivity index (χ2n) is 6.93. The quantitative estimate of drug-likeness (QED) is 0.927. The van der Waals surface area contributed by atoms with Crippen molar-refractivity contribution < 1.29 is 0 Å². The van der Waals surface area contributed by atoms with Gasteiger partial charge in [-0.15, -0.1) is 0 Å². The van der Waals surface area contributed by atoms with Crippen molar-refractivity contribution in [2.75, 3.05) is 19.6 Å². The fourth-order valence-corrected chi connectivity index (χ4v) is 4.09. The van der Waals surface area contributed by atoms with Gasteiger partial charge in [0.2, 0.25) is 0 Å². The highest BCUT2D eigenvalue weighted by Crippen LogP contribution is 2.46. The predicted molar refractivity (Wildman–Crippen MR) is 84.5 cm³/mol. The van der Waals surface area contributed by atoms with Crippen molar-refractivity contribution in [2.45, 2.75) is 44.1 Å². The summed E-state index contributed by atoms with van der Waals surface area (Å²) < 4.78 is 0. The standard InChI is InChI=1S/C18H25N3/c19-14-18(20,16-6-2-1-3-7-16)15-21-12-10-17(11-13-21)8-4-5-9-17/h1-3,6-7H,4-5,8-13,15,20H2. The number of hydrogen-bond acceptors (Lipinski definition) is 3. The molecule has 112 valence electrons. The van der Waals surface area contributed by atoms with Crippen LogP contribution in [0, 0.1) is 16.7 Å². The van der Waals surface area contributed by atoms with Gasteiger partial charge in [0.1, 0.15) is 5.54 Å². The summed E-state index contributed by atoms with van der Waals surface area (Å²) in [6.45, 7) is 2.82. The molecule has 1 saturated carbocycles. The minimum Gasteiger partial charge on any atom is -0.309 e. The fraction of sp³-hybridized carbons (Fsp3) is 0.611. The Bertz CT molecular complexity index is 503.